The van der Waals surface area contributed by atoms with Crippen molar-refractivity contribution in [2.45, 2.75) is 63.2 Å². The summed E-state index contributed by atoms with van der Waals surface area (Å²) in [6, 6.07) is 17.4. The van der Waals surface area contributed by atoms with Crippen LogP contribution < -0.4 is 15.4 Å². The first-order chi connectivity index (χ1) is 22.9. The SMILES string of the molecule is CC1CCCCO[C@@H](CN(C)S(=O)(=O)c2ccc(F)cc2)[C@H](C)CN([C@@H](C)CO)C(=O)c2cc(NC(=O)Nc3ccccc3)ccc2O1. The number of anilines is 2. The zero-order valence-corrected chi connectivity index (χ0v) is 28.6. The minimum atomic E-state index is -3.96. The van der Waals surface area contributed by atoms with Gasteiger partial charge in [-0.25, -0.2) is 17.6 Å². The van der Waals surface area contributed by atoms with Crippen molar-refractivity contribution in [3.05, 3.63) is 84.2 Å². The second-order valence-corrected chi connectivity index (χ2v) is 14.2. The quantitative estimate of drug-likeness (QED) is 0.282. The van der Waals surface area contributed by atoms with Gasteiger partial charge in [0.15, 0.2) is 0 Å². The van der Waals surface area contributed by atoms with Crippen LogP contribution in [0.25, 0.3) is 0 Å². The van der Waals surface area contributed by atoms with Gasteiger partial charge in [0.2, 0.25) is 10.0 Å². The Hall–Kier alpha value is -4.04. The first kappa shape index (κ1) is 36.8. The number of hydrogen-bond donors (Lipinski definition) is 3. The normalized spacial score (nSPS) is 20.3. The number of aliphatic hydroxyl groups is 1. The van der Waals surface area contributed by atoms with Crippen LogP contribution in [-0.2, 0) is 14.8 Å². The second kappa shape index (κ2) is 16.9. The maximum Gasteiger partial charge on any atom is 0.323 e. The number of carbonyl (C=O) groups excluding carboxylic acids is 2. The fraction of sp³-hybridized carbons (Fsp3) is 0.429. The first-order valence-corrected chi connectivity index (χ1v) is 17.5. The van der Waals surface area contributed by atoms with Gasteiger partial charge in [0.25, 0.3) is 5.91 Å². The van der Waals surface area contributed by atoms with Gasteiger partial charge in [-0.2, -0.15) is 4.31 Å². The van der Waals surface area contributed by atoms with Gasteiger partial charge in [-0.3, -0.25) is 4.79 Å². The molecule has 4 atom stereocenters. The topological polar surface area (TPSA) is 138 Å². The van der Waals surface area contributed by atoms with Crippen molar-refractivity contribution < 1.29 is 37.0 Å². The van der Waals surface area contributed by atoms with E-state index in [4.69, 9.17) is 9.47 Å². The third kappa shape index (κ3) is 9.75. The Bertz CT molecular complexity index is 1630. The minimum Gasteiger partial charge on any atom is -0.490 e. The van der Waals surface area contributed by atoms with Gasteiger partial charge in [0.05, 0.1) is 35.3 Å². The molecule has 3 N–H and O–H groups in total. The van der Waals surface area contributed by atoms with Crippen LogP contribution in [0.5, 0.6) is 5.75 Å². The summed E-state index contributed by atoms with van der Waals surface area (Å²) < 4.78 is 53.9. The molecule has 0 spiro atoms. The Morgan fingerprint density at radius 1 is 1.04 bits per heavy atom. The van der Waals surface area contributed by atoms with E-state index in [2.05, 4.69) is 10.6 Å². The number of urea groups is 1. The lowest BCUT2D eigenvalue weighted by molar-refractivity contribution is -0.00834. The van der Waals surface area contributed by atoms with E-state index in [0.717, 1.165) is 18.6 Å². The Balaban J connectivity index is 1.62. The highest BCUT2D eigenvalue weighted by molar-refractivity contribution is 7.89. The molecular formula is C35H45FN4O7S. The largest absolute Gasteiger partial charge is 0.490 e. The lowest BCUT2D eigenvalue weighted by atomic mass is 10.0. The van der Waals surface area contributed by atoms with Crippen LogP contribution >= 0.6 is 0 Å². The van der Waals surface area contributed by atoms with Crippen LogP contribution in [0.2, 0.25) is 0 Å². The highest BCUT2D eigenvalue weighted by Gasteiger charge is 2.32. The van der Waals surface area contributed by atoms with Crippen molar-refractivity contribution >= 4 is 33.3 Å². The third-order valence-corrected chi connectivity index (χ3v) is 10.1. The first-order valence-electron chi connectivity index (χ1n) is 16.1. The molecule has 3 aromatic rings. The number of likely N-dealkylation sites (N-methyl/N-ethyl adjacent to an activating group) is 1. The van der Waals surface area contributed by atoms with Crippen molar-refractivity contribution in [2.24, 2.45) is 5.92 Å². The van der Waals surface area contributed by atoms with E-state index in [1.54, 1.807) is 49.4 Å². The van der Waals surface area contributed by atoms with Crippen molar-refractivity contribution in [1.82, 2.24) is 9.21 Å². The van der Waals surface area contributed by atoms with E-state index in [1.165, 1.54) is 28.4 Å². The summed E-state index contributed by atoms with van der Waals surface area (Å²) in [6.07, 6.45) is 1.28. The van der Waals surface area contributed by atoms with Crippen LogP contribution in [0, 0.1) is 11.7 Å². The molecule has 4 rings (SSSR count). The predicted molar refractivity (Wildman–Crippen MR) is 182 cm³/mol. The number of rotatable bonds is 8. The Morgan fingerprint density at radius 3 is 2.42 bits per heavy atom. The number of hydrogen-bond acceptors (Lipinski definition) is 7. The molecule has 0 aliphatic carbocycles. The average Bonchev–Trinajstić information content (AvgIpc) is 3.06. The third-order valence-electron chi connectivity index (χ3n) is 8.30. The molecule has 13 heteroatoms. The molecule has 1 aliphatic heterocycles. The summed E-state index contributed by atoms with van der Waals surface area (Å²) in [6.45, 7) is 5.64. The van der Waals surface area contributed by atoms with Gasteiger partial charge in [-0.05, 0) is 87.7 Å². The lowest BCUT2D eigenvalue weighted by Gasteiger charge is -2.35. The van der Waals surface area contributed by atoms with Gasteiger partial charge in [0, 0.05) is 44.0 Å². The molecule has 48 heavy (non-hydrogen) atoms. The molecule has 11 nitrogen and oxygen atoms in total. The van der Waals surface area contributed by atoms with Crippen LogP contribution in [0.1, 0.15) is 50.4 Å². The summed E-state index contributed by atoms with van der Waals surface area (Å²) in [5.41, 5.74) is 1.18. The van der Waals surface area contributed by atoms with E-state index >= 15 is 0 Å². The molecular weight excluding hydrogens is 639 g/mol. The maximum atomic E-state index is 14.3. The highest BCUT2D eigenvalue weighted by Crippen LogP contribution is 2.29. The number of amides is 3. The van der Waals surface area contributed by atoms with Crippen molar-refractivity contribution in [3.8, 4) is 5.75 Å². The maximum absolute atomic E-state index is 14.3. The van der Waals surface area contributed by atoms with Crippen molar-refractivity contribution in [2.75, 3.05) is 44.0 Å². The second-order valence-electron chi connectivity index (χ2n) is 12.2. The van der Waals surface area contributed by atoms with Crippen LogP contribution in [0.3, 0.4) is 0 Å². The van der Waals surface area contributed by atoms with E-state index in [-0.39, 0.29) is 42.2 Å². The van der Waals surface area contributed by atoms with Crippen LogP contribution in [-0.4, -0.2) is 86.3 Å². The number of aliphatic hydroxyl groups excluding tert-OH is 1. The molecule has 0 saturated heterocycles. The number of fused-ring (bicyclic) bond motifs is 1. The number of halogens is 1. The summed E-state index contributed by atoms with van der Waals surface area (Å²) in [5, 5.41) is 15.7. The standard InChI is InChI=1S/C35H45FN4O7S/c1-24-21-40(25(2)23-41)34(42)31-20-29(38-35(43)37-28-11-6-5-7-12-28)15-18-32(31)47-26(3)10-8-9-19-46-33(24)22-39(4)48(44,45)30-16-13-27(36)14-17-30/h5-7,11-18,20,24-26,33,41H,8-10,19,21-23H2,1-4H3,(H2,37,38,43)/t24-,25+,26?,33+/m1/s1. The number of carbonyl (C=O) groups is 2. The predicted octanol–water partition coefficient (Wildman–Crippen LogP) is 5.59. The minimum absolute atomic E-state index is 0.0168. The Kier molecular flexibility index (Phi) is 12.9. The number of nitrogens with one attached hydrogen (secondary N) is 2. The van der Waals surface area contributed by atoms with Gasteiger partial charge in [0.1, 0.15) is 11.6 Å². The number of para-hydroxylation sites is 1. The van der Waals surface area contributed by atoms with Gasteiger partial charge < -0.3 is 30.1 Å². The van der Waals surface area contributed by atoms with E-state index < -0.39 is 39.9 Å². The lowest BCUT2D eigenvalue weighted by Crippen LogP contribution is -2.48. The Labute approximate surface area is 282 Å². The number of nitrogens with zero attached hydrogens (tertiary/aromatic N) is 2. The van der Waals surface area contributed by atoms with Crippen LogP contribution in [0.15, 0.2) is 77.7 Å². The zero-order chi connectivity index (χ0) is 34.8. The number of sulfonamides is 1. The van der Waals surface area contributed by atoms with Crippen LogP contribution in [0.4, 0.5) is 20.6 Å². The molecule has 1 aliphatic rings. The molecule has 1 unspecified atom stereocenters. The molecule has 260 valence electrons. The van der Waals surface area contributed by atoms with E-state index in [0.29, 0.717) is 36.6 Å². The molecule has 0 saturated carbocycles. The molecule has 1 heterocycles. The molecule has 3 aromatic carbocycles. The zero-order valence-electron chi connectivity index (χ0n) is 27.8. The molecule has 0 bridgehead atoms. The van der Waals surface area contributed by atoms with Gasteiger partial charge in [-0.15, -0.1) is 0 Å². The summed E-state index contributed by atoms with van der Waals surface area (Å²) in [7, 11) is -2.52. The van der Waals surface area contributed by atoms with Gasteiger partial charge in [-0.1, -0.05) is 25.1 Å². The van der Waals surface area contributed by atoms with Crippen molar-refractivity contribution in [3.63, 3.8) is 0 Å². The number of ether oxygens (including phenoxy) is 2. The van der Waals surface area contributed by atoms with Gasteiger partial charge >= 0.3 is 6.03 Å². The summed E-state index contributed by atoms with van der Waals surface area (Å²) >= 11 is 0. The molecule has 0 aromatic heterocycles. The average molecular weight is 685 g/mol. The number of benzene rings is 3. The highest BCUT2D eigenvalue weighted by atomic mass is 32.2. The smallest absolute Gasteiger partial charge is 0.323 e. The summed E-state index contributed by atoms with van der Waals surface area (Å²) in [5.74, 6) is -1.000. The van der Waals surface area contributed by atoms with E-state index in [9.17, 15) is 27.5 Å². The molecule has 3 amide bonds. The fourth-order valence-corrected chi connectivity index (χ4v) is 6.60. The monoisotopic (exact) mass is 684 g/mol. The molecule has 0 fully saturated rings. The molecule has 0 radical (unpaired) electrons. The van der Waals surface area contributed by atoms with Crippen molar-refractivity contribution in [1.29, 1.82) is 0 Å². The Morgan fingerprint density at radius 2 is 1.73 bits per heavy atom. The summed E-state index contributed by atoms with van der Waals surface area (Å²) in [4.78, 5) is 28.6. The fourth-order valence-electron chi connectivity index (χ4n) is 5.42. The van der Waals surface area contributed by atoms with E-state index in [1.807, 2.05) is 19.9 Å².